The first-order valence-corrected chi connectivity index (χ1v) is 14.6. The normalized spacial score (nSPS) is 17.3. The van der Waals surface area contributed by atoms with Crippen molar-refractivity contribution in [3.63, 3.8) is 0 Å². The number of halogens is 1. The standard InChI is InChI=1S/C29H32FN7O3S/c1-33-28-22(27(32)37-14-11-26(38)35-29(37)39)6-8-25(34-28)19-9-12-36(13-10-19)17-18-3-2-4-20(15-18)41(40)21-5-7-24(31)23(30)16-21/h2-8,15-16,19,40H,9-14,17,31H2,1H3,(H2-,32,33,34,35,38,39)/p+1. The van der Waals surface area contributed by atoms with Gasteiger partial charge in [0.2, 0.25) is 17.1 Å². The van der Waals surface area contributed by atoms with Crippen LogP contribution in [0.4, 0.5) is 20.7 Å². The highest BCUT2D eigenvalue weighted by Crippen LogP contribution is 2.30. The SMILES string of the molecule is CNc1nc(C2CCN(Cc3cccc([S+](O)c4ccc(N)c(F)c4)c3)CC2)ccc1C(=N)N1CCC(=O)NC1=O. The summed E-state index contributed by atoms with van der Waals surface area (Å²) >= 11 is -1.26. The van der Waals surface area contributed by atoms with Crippen molar-refractivity contribution in [3.05, 3.63) is 77.2 Å². The van der Waals surface area contributed by atoms with Gasteiger partial charge in [0.25, 0.3) is 0 Å². The minimum Gasteiger partial charge on any atom is -0.396 e. The summed E-state index contributed by atoms with van der Waals surface area (Å²) < 4.78 is 24.8. The number of urea groups is 1. The molecule has 2 aromatic carbocycles. The van der Waals surface area contributed by atoms with Gasteiger partial charge in [-0.1, -0.05) is 12.1 Å². The zero-order valence-corrected chi connectivity index (χ0v) is 23.5. The molecule has 41 heavy (non-hydrogen) atoms. The van der Waals surface area contributed by atoms with E-state index in [2.05, 4.69) is 15.5 Å². The molecule has 214 valence electrons. The first-order valence-electron chi connectivity index (χ1n) is 13.4. The largest absolute Gasteiger partial charge is 0.396 e. The third kappa shape index (κ3) is 6.34. The third-order valence-corrected chi connectivity index (χ3v) is 8.86. The van der Waals surface area contributed by atoms with Crippen LogP contribution in [0.2, 0.25) is 0 Å². The lowest BCUT2D eigenvalue weighted by Crippen LogP contribution is -2.52. The highest BCUT2D eigenvalue weighted by molar-refractivity contribution is 7.91. The van der Waals surface area contributed by atoms with E-state index in [9.17, 15) is 18.5 Å². The number of benzene rings is 2. The average Bonchev–Trinajstić information content (AvgIpc) is 2.98. The van der Waals surface area contributed by atoms with Crippen molar-refractivity contribution in [3.8, 4) is 0 Å². The number of imide groups is 1. The first kappa shape index (κ1) is 28.5. The molecule has 3 amide bonds. The second kappa shape index (κ2) is 12.2. The second-order valence-electron chi connectivity index (χ2n) is 10.2. The van der Waals surface area contributed by atoms with Crippen LogP contribution in [0, 0.1) is 11.2 Å². The van der Waals surface area contributed by atoms with E-state index in [0.29, 0.717) is 16.3 Å². The van der Waals surface area contributed by atoms with Crippen molar-refractivity contribution in [2.45, 2.75) is 41.5 Å². The summed E-state index contributed by atoms with van der Waals surface area (Å²) in [7, 11) is 1.74. The highest BCUT2D eigenvalue weighted by Gasteiger charge is 2.30. The molecule has 2 saturated heterocycles. The Bertz CT molecular complexity index is 1480. The number of likely N-dealkylation sites (tertiary alicyclic amines) is 1. The monoisotopic (exact) mass is 578 g/mol. The molecule has 1 atom stereocenters. The molecule has 10 nitrogen and oxygen atoms in total. The number of rotatable bonds is 7. The van der Waals surface area contributed by atoms with Crippen molar-refractivity contribution < 1.29 is 18.5 Å². The number of aromatic nitrogens is 1. The molecular formula is C29H33FN7O3S+. The third-order valence-electron chi connectivity index (χ3n) is 7.46. The van der Waals surface area contributed by atoms with E-state index >= 15 is 0 Å². The molecule has 6 N–H and O–H groups in total. The van der Waals surface area contributed by atoms with Crippen molar-refractivity contribution in [1.82, 2.24) is 20.1 Å². The van der Waals surface area contributed by atoms with Gasteiger partial charge >= 0.3 is 6.03 Å². The van der Waals surface area contributed by atoms with Gasteiger partial charge in [-0.2, -0.15) is 4.55 Å². The lowest BCUT2D eigenvalue weighted by molar-refractivity contribution is -0.121. The summed E-state index contributed by atoms with van der Waals surface area (Å²) in [6.45, 7) is 2.65. The van der Waals surface area contributed by atoms with Gasteiger partial charge in [0, 0.05) is 50.3 Å². The highest BCUT2D eigenvalue weighted by atomic mass is 32.2. The fraction of sp³-hybridized carbons (Fsp3) is 0.310. The van der Waals surface area contributed by atoms with Crippen molar-refractivity contribution in [1.29, 1.82) is 5.41 Å². The van der Waals surface area contributed by atoms with Gasteiger partial charge in [0.15, 0.2) is 15.6 Å². The van der Waals surface area contributed by atoms with E-state index < -0.39 is 23.0 Å². The number of carbonyl (C=O) groups is 2. The predicted octanol–water partition coefficient (Wildman–Crippen LogP) is 4.00. The number of anilines is 2. The summed E-state index contributed by atoms with van der Waals surface area (Å²) in [4.78, 5) is 33.3. The predicted molar refractivity (Wildman–Crippen MR) is 157 cm³/mol. The Balaban J connectivity index is 1.20. The molecule has 2 fully saturated rings. The van der Waals surface area contributed by atoms with E-state index in [1.807, 2.05) is 36.4 Å². The van der Waals surface area contributed by atoms with Crippen molar-refractivity contribution in [2.75, 3.05) is 37.7 Å². The van der Waals surface area contributed by atoms with Crippen LogP contribution in [-0.4, -0.2) is 63.8 Å². The maximum absolute atomic E-state index is 13.9. The van der Waals surface area contributed by atoms with Gasteiger partial charge < -0.3 is 11.1 Å². The molecule has 1 unspecified atom stereocenters. The molecule has 0 saturated carbocycles. The minimum atomic E-state index is -1.26. The van der Waals surface area contributed by atoms with Gasteiger partial charge in [-0.15, -0.1) is 0 Å². The molecule has 2 aliphatic rings. The maximum Gasteiger partial charge on any atom is 0.329 e. The van der Waals surface area contributed by atoms with Crippen LogP contribution >= 0.6 is 0 Å². The zero-order chi connectivity index (χ0) is 29.1. The Hall–Kier alpha value is -4.00. The second-order valence-corrected chi connectivity index (χ2v) is 11.7. The van der Waals surface area contributed by atoms with E-state index in [1.54, 1.807) is 13.1 Å². The Morgan fingerprint density at radius 3 is 2.61 bits per heavy atom. The average molecular weight is 579 g/mol. The number of hydrogen-bond donors (Lipinski definition) is 5. The van der Waals surface area contributed by atoms with Crippen LogP contribution in [0.1, 0.15) is 42.0 Å². The number of hydrogen-bond acceptors (Lipinski definition) is 8. The van der Waals surface area contributed by atoms with Crippen LogP contribution in [0.5, 0.6) is 0 Å². The van der Waals surface area contributed by atoms with Crippen LogP contribution in [0.25, 0.3) is 0 Å². The summed E-state index contributed by atoms with van der Waals surface area (Å²) in [6.07, 6.45) is 1.98. The number of amidine groups is 1. The molecule has 1 aromatic heterocycles. The topological polar surface area (TPSA) is 148 Å². The van der Waals surface area contributed by atoms with Crippen LogP contribution in [0.15, 0.2) is 64.4 Å². The van der Waals surface area contributed by atoms with Gasteiger partial charge in [-0.25, -0.2) is 14.2 Å². The Kier molecular flexibility index (Phi) is 8.52. The van der Waals surface area contributed by atoms with Gasteiger partial charge in [0.05, 0.1) is 11.3 Å². The van der Waals surface area contributed by atoms with Gasteiger partial charge in [-0.05, 0) is 61.8 Å². The summed E-state index contributed by atoms with van der Waals surface area (Å²) in [5.74, 6) is -0.0929. The number of nitrogen functional groups attached to an aromatic ring is 1. The lowest BCUT2D eigenvalue weighted by atomic mass is 9.92. The molecule has 2 aliphatic heterocycles. The molecular weight excluding hydrogens is 545 g/mol. The van der Waals surface area contributed by atoms with Gasteiger partial charge in [0.1, 0.15) is 11.7 Å². The molecule has 5 rings (SSSR count). The summed E-state index contributed by atoms with van der Waals surface area (Å²) in [5.41, 5.74) is 8.14. The number of nitrogens with two attached hydrogens (primary N) is 1. The molecule has 0 aliphatic carbocycles. The number of carbonyl (C=O) groups excluding carboxylic acids is 2. The fourth-order valence-electron chi connectivity index (χ4n) is 5.18. The Morgan fingerprint density at radius 2 is 1.90 bits per heavy atom. The first-order chi connectivity index (χ1) is 19.7. The Labute approximate surface area is 240 Å². The molecule has 3 aromatic rings. The van der Waals surface area contributed by atoms with Crippen LogP contribution in [-0.2, 0) is 22.5 Å². The quantitative estimate of drug-likeness (QED) is 0.123. The lowest BCUT2D eigenvalue weighted by Gasteiger charge is -2.32. The van der Waals surface area contributed by atoms with Crippen molar-refractivity contribution >= 4 is 40.5 Å². The van der Waals surface area contributed by atoms with E-state index in [1.165, 1.54) is 17.0 Å². The molecule has 0 radical (unpaired) electrons. The van der Waals surface area contributed by atoms with E-state index in [0.717, 1.165) is 48.6 Å². The number of amides is 3. The summed E-state index contributed by atoms with van der Waals surface area (Å²) in [5, 5.41) is 13.9. The maximum atomic E-state index is 13.9. The number of piperidine rings is 1. The van der Waals surface area contributed by atoms with Crippen molar-refractivity contribution in [2.24, 2.45) is 0 Å². The smallest absolute Gasteiger partial charge is 0.329 e. The molecule has 0 spiro atoms. The zero-order valence-electron chi connectivity index (χ0n) is 22.7. The number of nitrogens with zero attached hydrogens (tertiary/aromatic N) is 3. The van der Waals surface area contributed by atoms with Crippen LogP contribution < -0.4 is 16.4 Å². The van der Waals surface area contributed by atoms with Gasteiger partial charge in [-0.3, -0.25) is 25.3 Å². The van der Waals surface area contributed by atoms with E-state index in [-0.39, 0.29) is 36.3 Å². The van der Waals surface area contributed by atoms with Crippen LogP contribution in [0.3, 0.4) is 0 Å². The fourth-order valence-corrected chi connectivity index (χ4v) is 6.33. The minimum absolute atomic E-state index is 0.00251. The van der Waals surface area contributed by atoms with E-state index in [4.69, 9.17) is 16.1 Å². The molecule has 12 heteroatoms. The summed E-state index contributed by atoms with van der Waals surface area (Å²) in [6, 6.07) is 15.3. The number of pyridine rings is 1. The molecule has 3 heterocycles. The number of nitrogens with one attached hydrogen (secondary N) is 3. The Morgan fingerprint density at radius 1 is 1.15 bits per heavy atom. The molecule has 0 bridgehead atoms.